The highest BCUT2D eigenvalue weighted by Crippen LogP contribution is 2.16. The van der Waals surface area contributed by atoms with Crippen molar-refractivity contribution in [2.24, 2.45) is 0 Å². The summed E-state index contributed by atoms with van der Waals surface area (Å²) in [5, 5.41) is 3.28. The van der Waals surface area contributed by atoms with Crippen LogP contribution in [-0.4, -0.2) is 69.5 Å². The standard InChI is InChI=1S/C12H27N3O3S/c1-11(2)13-7-5-8-14(3)19(16,17)15(4)12-6-9-18-10-12/h11-13H,5-10H2,1-4H3. The minimum absolute atomic E-state index is 0.0266. The van der Waals surface area contributed by atoms with Gasteiger partial charge in [-0.25, -0.2) is 0 Å². The average Bonchev–Trinajstić information content (AvgIpc) is 2.86. The summed E-state index contributed by atoms with van der Waals surface area (Å²) in [6.45, 7) is 6.65. The molecular weight excluding hydrogens is 266 g/mol. The fourth-order valence-corrected chi connectivity index (χ4v) is 3.37. The van der Waals surface area contributed by atoms with Gasteiger partial charge in [-0.05, 0) is 19.4 Å². The highest BCUT2D eigenvalue weighted by Gasteiger charge is 2.31. The number of rotatable bonds is 8. The molecule has 0 aromatic carbocycles. The summed E-state index contributed by atoms with van der Waals surface area (Å²) in [5.41, 5.74) is 0. The van der Waals surface area contributed by atoms with Crippen molar-refractivity contribution < 1.29 is 13.2 Å². The average molecular weight is 293 g/mol. The molecule has 1 unspecified atom stereocenters. The van der Waals surface area contributed by atoms with Crippen LogP contribution in [0.4, 0.5) is 0 Å². The fourth-order valence-electron chi connectivity index (χ4n) is 2.02. The van der Waals surface area contributed by atoms with E-state index in [1.54, 1.807) is 14.1 Å². The van der Waals surface area contributed by atoms with E-state index in [1.165, 1.54) is 8.61 Å². The van der Waals surface area contributed by atoms with Gasteiger partial charge in [-0.2, -0.15) is 17.0 Å². The van der Waals surface area contributed by atoms with E-state index < -0.39 is 10.2 Å². The maximum Gasteiger partial charge on any atom is 0.281 e. The first-order valence-corrected chi connectivity index (χ1v) is 8.26. The summed E-state index contributed by atoms with van der Waals surface area (Å²) in [5.74, 6) is 0. The molecule has 1 rings (SSSR count). The molecule has 1 fully saturated rings. The molecular formula is C12H27N3O3S. The Kier molecular flexibility index (Phi) is 6.68. The zero-order valence-electron chi connectivity index (χ0n) is 12.4. The Hall–Kier alpha value is -0.210. The van der Waals surface area contributed by atoms with Gasteiger partial charge in [0.25, 0.3) is 10.2 Å². The molecule has 0 saturated carbocycles. The van der Waals surface area contributed by atoms with Gasteiger partial charge in [0.05, 0.1) is 12.6 Å². The van der Waals surface area contributed by atoms with E-state index in [9.17, 15) is 8.42 Å². The second kappa shape index (κ2) is 7.54. The maximum atomic E-state index is 12.3. The van der Waals surface area contributed by atoms with E-state index in [2.05, 4.69) is 19.2 Å². The van der Waals surface area contributed by atoms with Crippen LogP contribution in [0.1, 0.15) is 26.7 Å². The molecule has 1 aliphatic rings. The zero-order chi connectivity index (χ0) is 14.5. The van der Waals surface area contributed by atoms with Gasteiger partial charge in [0.15, 0.2) is 0 Å². The lowest BCUT2D eigenvalue weighted by Gasteiger charge is -2.28. The van der Waals surface area contributed by atoms with Crippen LogP contribution in [0.3, 0.4) is 0 Å². The van der Waals surface area contributed by atoms with Gasteiger partial charge >= 0.3 is 0 Å². The van der Waals surface area contributed by atoms with Crippen LogP contribution in [-0.2, 0) is 14.9 Å². The highest BCUT2D eigenvalue weighted by molar-refractivity contribution is 7.86. The van der Waals surface area contributed by atoms with E-state index in [0.29, 0.717) is 25.8 Å². The molecule has 0 aliphatic carbocycles. The maximum absolute atomic E-state index is 12.3. The van der Waals surface area contributed by atoms with Gasteiger partial charge in [0, 0.05) is 33.3 Å². The topological polar surface area (TPSA) is 61.9 Å². The number of likely N-dealkylation sites (N-methyl/N-ethyl adjacent to an activating group) is 1. The molecule has 19 heavy (non-hydrogen) atoms. The molecule has 0 aromatic rings. The number of hydrogen-bond donors (Lipinski definition) is 1. The molecule has 0 amide bonds. The first kappa shape index (κ1) is 16.8. The molecule has 0 spiro atoms. The molecule has 114 valence electrons. The predicted molar refractivity (Wildman–Crippen MR) is 76.3 cm³/mol. The number of ether oxygens (including phenoxy) is 1. The Bertz CT molecular complexity index is 353. The Morgan fingerprint density at radius 1 is 1.37 bits per heavy atom. The molecule has 0 aromatic heterocycles. The Morgan fingerprint density at radius 3 is 2.58 bits per heavy atom. The van der Waals surface area contributed by atoms with Crippen molar-refractivity contribution in [3.8, 4) is 0 Å². The van der Waals surface area contributed by atoms with Gasteiger partial charge < -0.3 is 10.1 Å². The minimum Gasteiger partial charge on any atom is -0.380 e. The molecule has 7 heteroatoms. The van der Waals surface area contributed by atoms with Crippen molar-refractivity contribution in [2.75, 3.05) is 40.4 Å². The zero-order valence-corrected chi connectivity index (χ0v) is 13.2. The molecule has 1 atom stereocenters. The van der Waals surface area contributed by atoms with Gasteiger partial charge in [0.2, 0.25) is 0 Å². The second-order valence-corrected chi connectivity index (χ2v) is 7.42. The fraction of sp³-hybridized carbons (Fsp3) is 1.00. The lowest BCUT2D eigenvalue weighted by molar-refractivity contribution is 0.179. The number of hydrogen-bond acceptors (Lipinski definition) is 4. The summed E-state index contributed by atoms with van der Waals surface area (Å²) in [6, 6.07) is 0.404. The van der Waals surface area contributed by atoms with E-state index in [1.807, 2.05) is 0 Å². The summed E-state index contributed by atoms with van der Waals surface area (Å²) >= 11 is 0. The summed E-state index contributed by atoms with van der Waals surface area (Å²) in [7, 11) is -0.0918. The van der Waals surface area contributed by atoms with Crippen LogP contribution in [0.5, 0.6) is 0 Å². The molecule has 0 radical (unpaired) electrons. The van der Waals surface area contributed by atoms with Crippen molar-refractivity contribution in [3.05, 3.63) is 0 Å². The lowest BCUT2D eigenvalue weighted by atomic mass is 10.3. The largest absolute Gasteiger partial charge is 0.380 e. The van der Waals surface area contributed by atoms with Gasteiger partial charge in [0.1, 0.15) is 0 Å². The van der Waals surface area contributed by atoms with Crippen LogP contribution < -0.4 is 5.32 Å². The van der Waals surface area contributed by atoms with Crippen molar-refractivity contribution in [2.45, 2.75) is 38.8 Å². The SMILES string of the molecule is CC(C)NCCCN(C)S(=O)(=O)N(C)C1CCOC1. The first-order chi connectivity index (χ1) is 8.85. The van der Waals surface area contributed by atoms with E-state index in [0.717, 1.165) is 19.4 Å². The third-order valence-electron chi connectivity index (χ3n) is 3.38. The first-order valence-electron chi connectivity index (χ1n) is 6.86. The van der Waals surface area contributed by atoms with E-state index >= 15 is 0 Å². The van der Waals surface area contributed by atoms with E-state index in [4.69, 9.17) is 4.74 Å². The lowest BCUT2D eigenvalue weighted by Crippen LogP contribution is -2.45. The normalized spacial score (nSPS) is 20.9. The van der Waals surface area contributed by atoms with Crippen LogP contribution in [0.25, 0.3) is 0 Å². The van der Waals surface area contributed by atoms with Gasteiger partial charge in [-0.3, -0.25) is 0 Å². The van der Waals surface area contributed by atoms with Gasteiger partial charge in [-0.1, -0.05) is 13.8 Å². The molecule has 0 bridgehead atoms. The van der Waals surface area contributed by atoms with E-state index in [-0.39, 0.29) is 6.04 Å². The molecule has 1 aliphatic heterocycles. The quantitative estimate of drug-likeness (QED) is 0.653. The van der Waals surface area contributed by atoms with Crippen molar-refractivity contribution in [3.63, 3.8) is 0 Å². The van der Waals surface area contributed by atoms with Crippen LogP contribution in [0, 0.1) is 0 Å². The monoisotopic (exact) mass is 293 g/mol. The Morgan fingerprint density at radius 2 is 2.05 bits per heavy atom. The van der Waals surface area contributed by atoms with Crippen LogP contribution in [0.15, 0.2) is 0 Å². The molecule has 6 nitrogen and oxygen atoms in total. The van der Waals surface area contributed by atoms with Crippen molar-refractivity contribution >= 4 is 10.2 Å². The third kappa shape index (κ3) is 5.00. The van der Waals surface area contributed by atoms with Crippen molar-refractivity contribution in [1.82, 2.24) is 13.9 Å². The minimum atomic E-state index is -3.36. The van der Waals surface area contributed by atoms with Crippen LogP contribution in [0.2, 0.25) is 0 Å². The number of nitrogens with zero attached hydrogens (tertiary/aromatic N) is 2. The highest BCUT2D eigenvalue weighted by atomic mass is 32.2. The molecule has 1 N–H and O–H groups in total. The number of nitrogens with one attached hydrogen (secondary N) is 1. The molecule has 1 saturated heterocycles. The second-order valence-electron chi connectivity index (χ2n) is 5.33. The smallest absolute Gasteiger partial charge is 0.281 e. The van der Waals surface area contributed by atoms with Crippen molar-refractivity contribution in [1.29, 1.82) is 0 Å². The predicted octanol–water partition coefficient (Wildman–Crippen LogP) is 0.272. The Balaban J connectivity index is 2.42. The van der Waals surface area contributed by atoms with Crippen LogP contribution >= 0.6 is 0 Å². The van der Waals surface area contributed by atoms with Gasteiger partial charge in [-0.15, -0.1) is 0 Å². The summed E-state index contributed by atoms with van der Waals surface area (Å²) in [4.78, 5) is 0. The summed E-state index contributed by atoms with van der Waals surface area (Å²) in [6.07, 6.45) is 1.58. The Labute approximate surface area is 117 Å². The molecule has 1 heterocycles. The third-order valence-corrected chi connectivity index (χ3v) is 5.38. The summed E-state index contributed by atoms with van der Waals surface area (Å²) < 4.78 is 32.8.